The molecule has 2 aromatic rings. The lowest BCUT2D eigenvalue weighted by Gasteiger charge is -2.08. The van der Waals surface area contributed by atoms with Crippen molar-refractivity contribution in [2.75, 3.05) is 12.0 Å². The maximum Gasteiger partial charge on any atom is 0.425 e. The van der Waals surface area contributed by atoms with Gasteiger partial charge in [-0.2, -0.15) is 5.10 Å². The van der Waals surface area contributed by atoms with Crippen LogP contribution in [-0.4, -0.2) is 22.9 Å². The summed E-state index contributed by atoms with van der Waals surface area (Å²) < 4.78 is 4.71. The zero-order valence-corrected chi connectivity index (χ0v) is 10.5. The van der Waals surface area contributed by atoms with Gasteiger partial charge in [0.2, 0.25) is 0 Å². The third-order valence-electron chi connectivity index (χ3n) is 2.13. The molecule has 0 atom stereocenters. The maximum atomic E-state index is 11.1. The van der Waals surface area contributed by atoms with Crippen molar-refractivity contribution in [2.45, 2.75) is 6.92 Å². The van der Waals surface area contributed by atoms with Crippen LogP contribution in [0.2, 0.25) is 0 Å². The highest BCUT2D eigenvalue weighted by Crippen LogP contribution is 2.18. The molecule has 0 aliphatic heterocycles. The Morgan fingerprint density at radius 1 is 1.39 bits per heavy atom. The lowest BCUT2D eigenvalue weighted by Crippen LogP contribution is -2.30. The highest BCUT2D eigenvalue weighted by Gasteiger charge is 2.04. The second-order valence-corrected chi connectivity index (χ2v) is 3.25. The minimum atomic E-state index is -0.553. The number of hydrogen-bond donors (Lipinski definition) is 2. The number of ether oxygens (including phenoxy) is 1. The molecule has 18 heavy (non-hydrogen) atoms. The van der Waals surface area contributed by atoms with Gasteiger partial charge in [0.15, 0.2) is 5.82 Å². The first-order chi connectivity index (χ1) is 8.31. The Bertz CT molecular complexity index is 530. The fraction of sp³-hybridized carbons (Fsp3) is 0.182. The van der Waals surface area contributed by atoms with Crippen molar-refractivity contribution < 1.29 is 9.53 Å². The van der Waals surface area contributed by atoms with Gasteiger partial charge in [-0.1, -0.05) is 24.3 Å². The molecule has 96 valence electrons. The van der Waals surface area contributed by atoms with Crippen molar-refractivity contribution in [1.82, 2.24) is 15.6 Å². The first kappa shape index (κ1) is 14.0. The van der Waals surface area contributed by atoms with E-state index in [1.807, 2.05) is 24.3 Å². The first-order valence-electron chi connectivity index (χ1n) is 5.20. The minimum absolute atomic E-state index is 0. The Hall–Kier alpha value is -2.08. The number of hydrogen-bond acceptors (Lipinski definition) is 5. The van der Waals surface area contributed by atoms with Gasteiger partial charge in [0.05, 0.1) is 12.8 Å². The van der Waals surface area contributed by atoms with Gasteiger partial charge >= 0.3 is 6.09 Å². The van der Waals surface area contributed by atoms with Crippen LogP contribution in [0.3, 0.4) is 0 Å². The summed E-state index contributed by atoms with van der Waals surface area (Å²) in [5.74, 6) is 0.483. The molecule has 2 N–H and O–H groups in total. The van der Waals surface area contributed by atoms with Crippen LogP contribution < -0.4 is 10.9 Å². The van der Waals surface area contributed by atoms with Gasteiger partial charge in [-0.25, -0.2) is 10.2 Å². The van der Waals surface area contributed by atoms with Gasteiger partial charge in [0, 0.05) is 10.8 Å². The molecular weight excluding hydrogens is 256 g/mol. The Morgan fingerprint density at radius 2 is 2.17 bits per heavy atom. The molecule has 0 fully saturated rings. The lowest BCUT2D eigenvalue weighted by atomic mass is 10.2. The van der Waals surface area contributed by atoms with Gasteiger partial charge in [-0.15, -0.1) is 17.5 Å². The zero-order valence-electron chi connectivity index (χ0n) is 9.71. The summed E-state index contributed by atoms with van der Waals surface area (Å²) in [4.78, 5) is 11.1. The number of nitrogens with zero attached hydrogens (tertiary/aromatic N) is 2. The van der Waals surface area contributed by atoms with E-state index in [-0.39, 0.29) is 12.4 Å². The topological polar surface area (TPSA) is 76.1 Å². The van der Waals surface area contributed by atoms with Crippen LogP contribution in [0.15, 0.2) is 30.5 Å². The third kappa shape index (κ3) is 3.21. The van der Waals surface area contributed by atoms with Gasteiger partial charge in [0.25, 0.3) is 0 Å². The molecule has 0 unspecified atom stereocenters. The molecule has 0 aliphatic rings. The van der Waals surface area contributed by atoms with Crippen LogP contribution in [0.5, 0.6) is 0 Å². The molecule has 2 rings (SSSR count). The highest BCUT2D eigenvalue weighted by atomic mass is 35.5. The summed E-state index contributed by atoms with van der Waals surface area (Å²) in [6.07, 6.45) is 1.10. The van der Waals surface area contributed by atoms with E-state index >= 15 is 0 Å². The first-order valence-corrected chi connectivity index (χ1v) is 5.20. The maximum absolute atomic E-state index is 11.1. The molecule has 1 aromatic heterocycles. The van der Waals surface area contributed by atoms with E-state index in [4.69, 9.17) is 4.74 Å². The number of anilines is 1. The van der Waals surface area contributed by atoms with Crippen molar-refractivity contribution in [3.63, 3.8) is 0 Å². The zero-order chi connectivity index (χ0) is 12.1. The van der Waals surface area contributed by atoms with Crippen molar-refractivity contribution in [2.24, 2.45) is 0 Å². The lowest BCUT2D eigenvalue weighted by molar-refractivity contribution is 0.154. The Balaban J connectivity index is 0.00000162. The van der Waals surface area contributed by atoms with E-state index in [0.29, 0.717) is 12.4 Å². The molecule has 0 spiro atoms. The molecule has 1 aromatic carbocycles. The van der Waals surface area contributed by atoms with E-state index in [9.17, 15) is 4.79 Å². The van der Waals surface area contributed by atoms with Crippen molar-refractivity contribution in [3.8, 4) is 0 Å². The normalized spacial score (nSPS) is 9.39. The largest absolute Gasteiger partial charge is 0.449 e. The predicted octanol–water partition coefficient (Wildman–Crippen LogP) is 2.12. The number of carbonyl (C=O) groups excluding carboxylic acids is 1. The highest BCUT2D eigenvalue weighted by molar-refractivity contribution is 5.91. The summed E-state index contributed by atoms with van der Waals surface area (Å²) in [5, 5.41) is 9.55. The number of nitrogens with one attached hydrogen (secondary N) is 2. The van der Waals surface area contributed by atoms with Crippen molar-refractivity contribution in [1.29, 1.82) is 0 Å². The molecule has 0 saturated heterocycles. The van der Waals surface area contributed by atoms with Crippen LogP contribution >= 0.6 is 12.4 Å². The molecular formula is C11H13ClN4O2. The molecule has 0 radical (unpaired) electrons. The minimum Gasteiger partial charge on any atom is -0.449 e. The van der Waals surface area contributed by atoms with Gasteiger partial charge in [-0.05, 0) is 6.92 Å². The van der Waals surface area contributed by atoms with Gasteiger partial charge < -0.3 is 4.74 Å². The molecule has 1 amide bonds. The Kier molecular flexibility index (Phi) is 5.13. The molecule has 1 heterocycles. The monoisotopic (exact) mass is 268 g/mol. The van der Waals surface area contributed by atoms with Crippen LogP contribution in [0.1, 0.15) is 6.92 Å². The number of rotatable bonds is 3. The average molecular weight is 269 g/mol. The molecule has 0 bridgehead atoms. The summed E-state index contributed by atoms with van der Waals surface area (Å²) in [6.45, 7) is 2.05. The molecule has 0 aliphatic carbocycles. The van der Waals surface area contributed by atoms with Crippen LogP contribution in [0, 0.1) is 0 Å². The summed E-state index contributed by atoms with van der Waals surface area (Å²) in [7, 11) is 0. The van der Waals surface area contributed by atoms with Crippen LogP contribution in [-0.2, 0) is 4.74 Å². The Morgan fingerprint density at radius 3 is 2.94 bits per heavy atom. The number of benzene rings is 1. The quantitative estimate of drug-likeness (QED) is 0.834. The second-order valence-electron chi connectivity index (χ2n) is 3.25. The average Bonchev–Trinajstić information content (AvgIpc) is 2.36. The van der Waals surface area contributed by atoms with E-state index in [0.717, 1.165) is 10.8 Å². The van der Waals surface area contributed by atoms with Crippen LogP contribution in [0.25, 0.3) is 10.8 Å². The van der Waals surface area contributed by atoms with Crippen molar-refractivity contribution in [3.05, 3.63) is 30.5 Å². The smallest absolute Gasteiger partial charge is 0.425 e. The number of aromatic nitrogens is 2. The van der Waals surface area contributed by atoms with E-state index in [1.54, 1.807) is 13.1 Å². The fourth-order valence-corrected chi connectivity index (χ4v) is 1.40. The standard InChI is InChI=1S/C11H12N4O2.ClH/c1-2-17-11(16)15-14-10-9-6-4-3-5-8(9)7-12-13-10;/h3-7H,2H2,1H3,(H,13,14)(H,15,16);1H. The summed E-state index contributed by atoms with van der Waals surface area (Å²) >= 11 is 0. The fourth-order valence-electron chi connectivity index (χ4n) is 1.40. The molecule has 7 heteroatoms. The van der Waals surface area contributed by atoms with Crippen LogP contribution in [0.4, 0.5) is 10.6 Å². The Labute approximate surface area is 110 Å². The van der Waals surface area contributed by atoms with E-state index in [1.165, 1.54) is 0 Å². The predicted molar refractivity (Wildman–Crippen MR) is 70.6 cm³/mol. The van der Waals surface area contributed by atoms with Gasteiger partial charge in [-0.3, -0.25) is 5.43 Å². The number of fused-ring (bicyclic) bond motifs is 1. The number of amides is 1. The second kappa shape index (κ2) is 6.61. The number of carbonyl (C=O) groups is 1. The number of hydrazine groups is 1. The van der Waals surface area contributed by atoms with E-state index in [2.05, 4.69) is 21.0 Å². The molecule has 0 saturated carbocycles. The van der Waals surface area contributed by atoms with Crippen molar-refractivity contribution >= 4 is 35.1 Å². The summed E-state index contributed by atoms with van der Waals surface area (Å²) in [6, 6.07) is 7.60. The molecule has 6 nitrogen and oxygen atoms in total. The van der Waals surface area contributed by atoms with E-state index < -0.39 is 6.09 Å². The number of halogens is 1. The third-order valence-corrected chi connectivity index (χ3v) is 2.13. The SMILES string of the molecule is CCOC(=O)NNc1nncc2ccccc12.Cl. The summed E-state index contributed by atoms with van der Waals surface area (Å²) in [5.41, 5.74) is 5.05. The van der Waals surface area contributed by atoms with Gasteiger partial charge in [0.1, 0.15) is 0 Å².